The van der Waals surface area contributed by atoms with Gasteiger partial charge in [-0.3, -0.25) is 4.79 Å². The Morgan fingerprint density at radius 2 is 1.61 bits per heavy atom. The van der Waals surface area contributed by atoms with E-state index in [1.54, 1.807) is 5.32 Å². The number of carbonyl (C=O) groups excluding carboxylic acids is 1. The quantitative estimate of drug-likeness (QED) is 0.186. The minimum absolute atomic E-state index is 0.129. The zero-order valence-electron chi connectivity index (χ0n) is 18.8. The molecule has 0 aliphatic carbocycles. The lowest BCUT2D eigenvalue weighted by molar-refractivity contribution is -0.348. The highest BCUT2D eigenvalue weighted by Gasteiger charge is 2.73. The van der Waals surface area contributed by atoms with Crippen molar-refractivity contribution >= 4 is 39.9 Å². The third-order valence-corrected chi connectivity index (χ3v) is 6.08. The predicted molar refractivity (Wildman–Crippen MR) is 122 cm³/mol. The number of nitrogens with one attached hydrogen (secondary N) is 1. The van der Waals surface area contributed by atoms with E-state index in [9.17, 15) is 48.7 Å². The van der Waals surface area contributed by atoms with Gasteiger partial charge in [-0.15, -0.1) is 0 Å². The van der Waals surface area contributed by atoms with E-state index in [2.05, 4.69) is 0 Å². The van der Waals surface area contributed by atoms with Crippen LogP contribution in [0.4, 0.5) is 59.7 Å². The minimum Gasteiger partial charge on any atom is -0.372 e. The summed E-state index contributed by atoms with van der Waals surface area (Å²) in [5, 5.41) is 10.3. The number of amides is 1. The van der Waals surface area contributed by atoms with Crippen LogP contribution in [0.25, 0.3) is 0 Å². The number of rotatable bonds is 7. The second-order valence-corrected chi connectivity index (χ2v) is 8.97. The summed E-state index contributed by atoms with van der Waals surface area (Å²) in [6.07, 6.45) is -18.6. The van der Waals surface area contributed by atoms with Gasteiger partial charge in [0, 0.05) is 29.1 Å². The van der Waals surface area contributed by atoms with Gasteiger partial charge in [-0.2, -0.15) is 44.8 Å². The molecule has 0 radical (unpaired) electrons. The maximum Gasteiger partial charge on any atom is 0.435 e. The van der Waals surface area contributed by atoms with Crippen molar-refractivity contribution in [1.82, 2.24) is 0 Å². The van der Waals surface area contributed by atoms with E-state index in [0.29, 0.717) is 6.42 Å². The fourth-order valence-corrected chi connectivity index (χ4v) is 4.09. The van der Waals surface area contributed by atoms with E-state index in [1.165, 1.54) is 24.1 Å². The molecule has 0 saturated heterocycles. The predicted octanol–water partition coefficient (Wildman–Crippen LogP) is 7.73. The van der Waals surface area contributed by atoms with Crippen molar-refractivity contribution in [1.29, 1.82) is 5.26 Å². The number of nitrogens with zero attached hydrogens (tertiary/aromatic N) is 2. The van der Waals surface area contributed by atoms with Crippen LogP contribution in [0.1, 0.15) is 34.3 Å². The first-order valence-electron chi connectivity index (χ1n) is 10.2. The Morgan fingerprint density at radius 3 is 2.11 bits per heavy atom. The molecule has 0 fully saturated rings. The molecule has 1 amide bonds. The summed E-state index contributed by atoms with van der Waals surface area (Å²) in [5.41, 5.74) is -13.0. The number of alkyl halides is 10. The fraction of sp³-hybridized carbons (Fsp3) is 0.364. The molecule has 38 heavy (non-hydrogen) atoms. The molecule has 0 heterocycles. The zero-order chi connectivity index (χ0) is 29.3. The Balaban J connectivity index is 2.60. The Kier molecular flexibility index (Phi) is 9.17. The molecule has 0 spiro atoms. The molecular formula is C22H15F11IN3O. The lowest BCUT2D eigenvalue weighted by Gasteiger charge is -2.31. The van der Waals surface area contributed by atoms with Crippen molar-refractivity contribution in [2.75, 3.05) is 23.8 Å². The molecule has 0 aromatic heterocycles. The van der Waals surface area contributed by atoms with E-state index < -0.39 is 67.9 Å². The number of hydrogen-bond donors (Lipinski definition) is 1. The molecule has 208 valence electrons. The van der Waals surface area contributed by atoms with Gasteiger partial charge in [0.15, 0.2) is 5.82 Å². The highest BCUT2D eigenvalue weighted by molar-refractivity contribution is 14.1. The van der Waals surface area contributed by atoms with Crippen molar-refractivity contribution in [2.24, 2.45) is 0 Å². The van der Waals surface area contributed by atoms with Gasteiger partial charge >= 0.3 is 24.2 Å². The van der Waals surface area contributed by atoms with Crippen LogP contribution >= 0.6 is 22.6 Å². The van der Waals surface area contributed by atoms with Crippen molar-refractivity contribution in [3.05, 3.63) is 56.4 Å². The molecule has 4 nitrogen and oxygen atoms in total. The van der Waals surface area contributed by atoms with Crippen LogP contribution in [0.15, 0.2) is 30.3 Å². The minimum atomic E-state index is -6.68. The Labute approximate surface area is 221 Å². The molecule has 0 atom stereocenters. The number of benzene rings is 2. The van der Waals surface area contributed by atoms with Crippen LogP contribution < -0.4 is 10.2 Å². The van der Waals surface area contributed by atoms with Crippen molar-refractivity contribution in [3.63, 3.8) is 0 Å². The summed E-state index contributed by atoms with van der Waals surface area (Å²) < 4.78 is 148. The molecule has 2 rings (SSSR count). The van der Waals surface area contributed by atoms with Crippen LogP contribution in [0.5, 0.6) is 0 Å². The van der Waals surface area contributed by atoms with Crippen LogP contribution in [0.2, 0.25) is 0 Å². The summed E-state index contributed by atoms with van der Waals surface area (Å²) in [6, 6.07) is 4.32. The van der Waals surface area contributed by atoms with Crippen LogP contribution in [0, 0.1) is 20.7 Å². The van der Waals surface area contributed by atoms with E-state index >= 15 is 4.39 Å². The number of hydrogen-bond acceptors (Lipinski definition) is 3. The Bertz CT molecular complexity index is 1220. The molecular weight excluding hydrogens is 658 g/mol. The SMILES string of the molecule is CN(CCCC#N)c1cccc(C(=O)Nc2c(I)cc(C(F)(C(F)(F)F)C(F)(F)F)cc2C(F)(F)F)c1F. The lowest BCUT2D eigenvalue weighted by Crippen LogP contribution is -2.50. The molecule has 1 N–H and O–H groups in total. The van der Waals surface area contributed by atoms with Crippen molar-refractivity contribution in [2.45, 2.75) is 37.0 Å². The lowest BCUT2D eigenvalue weighted by atomic mass is 9.92. The average Bonchev–Trinajstić information content (AvgIpc) is 2.77. The zero-order valence-corrected chi connectivity index (χ0v) is 21.0. The molecule has 0 bridgehead atoms. The molecule has 0 aliphatic rings. The molecule has 2 aromatic carbocycles. The first-order valence-corrected chi connectivity index (χ1v) is 11.3. The molecule has 0 unspecified atom stereocenters. The van der Waals surface area contributed by atoms with E-state index in [1.807, 2.05) is 6.07 Å². The Hall–Kier alpha value is -2.84. The van der Waals surface area contributed by atoms with Crippen molar-refractivity contribution in [3.8, 4) is 6.07 Å². The number of halogens is 12. The smallest absolute Gasteiger partial charge is 0.372 e. The van der Waals surface area contributed by atoms with Gasteiger partial charge in [-0.1, -0.05) is 6.07 Å². The fourth-order valence-electron chi connectivity index (χ4n) is 3.33. The summed E-state index contributed by atoms with van der Waals surface area (Å²) in [6.45, 7) is 0.163. The van der Waals surface area contributed by atoms with Gasteiger partial charge in [-0.25, -0.2) is 8.78 Å². The molecule has 16 heteroatoms. The molecule has 2 aromatic rings. The Morgan fingerprint density at radius 1 is 1.03 bits per heavy atom. The summed E-state index contributed by atoms with van der Waals surface area (Å²) in [4.78, 5) is 14.0. The number of nitriles is 1. The van der Waals surface area contributed by atoms with Crippen LogP contribution in [-0.4, -0.2) is 31.9 Å². The van der Waals surface area contributed by atoms with E-state index in [-0.39, 0.29) is 24.7 Å². The van der Waals surface area contributed by atoms with Gasteiger partial charge < -0.3 is 10.2 Å². The third kappa shape index (κ3) is 6.24. The van der Waals surface area contributed by atoms with E-state index in [0.717, 1.165) is 28.7 Å². The van der Waals surface area contributed by atoms with Gasteiger partial charge in [0.1, 0.15) is 0 Å². The van der Waals surface area contributed by atoms with Gasteiger partial charge in [0.05, 0.1) is 28.6 Å². The topological polar surface area (TPSA) is 56.1 Å². The maximum atomic E-state index is 15.0. The van der Waals surface area contributed by atoms with Gasteiger partial charge in [0.25, 0.3) is 5.91 Å². The van der Waals surface area contributed by atoms with Gasteiger partial charge in [-0.05, 0) is 53.3 Å². The number of anilines is 2. The normalized spacial score (nSPS) is 12.7. The first kappa shape index (κ1) is 31.4. The molecule has 0 saturated carbocycles. The first-order chi connectivity index (χ1) is 17.3. The van der Waals surface area contributed by atoms with E-state index in [4.69, 9.17) is 5.26 Å². The summed E-state index contributed by atoms with van der Waals surface area (Å²) >= 11 is 0.901. The third-order valence-electron chi connectivity index (χ3n) is 5.23. The standard InChI is InChI=1S/C22H15F11IN3O/c1-37(8-3-2-7-35)15-6-4-5-12(16(15)23)18(38)36-17-13(20(25,26)27)9-11(10-14(17)34)19(24,21(28,29)30)22(31,32)33/h4-6,9-10H,2-3,8H2,1H3,(H,36,38). The monoisotopic (exact) mass is 673 g/mol. The second kappa shape index (κ2) is 11.1. The molecule has 0 aliphatic heterocycles. The highest BCUT2D eigenvalue weighted by atomic mass is 127. The van der Waals surface area contributed by atoms with Crippen LogP contribution in [-0.2, 0) is 11.8 Å². The number of unbranched alkanes of at least 4 members (excludes halogenated alkanes) is 1. The summed E-state index contributed by atoms with van der Waals surface area (Å²) in [5.74, 6) is -2.70. The summed E-state index contributed by atoms with van der Waals surface area (Å²) in [7, 11) is 1.41. The average molecular weight is 673 g/mol. The van der Waals surface area contributed by atoms with Crippen molar-refractivity contribution < 1.29 is 53.1 Å². The number of carbonyl (C=O) groups is 1. The van der Waals surface area contributed by atoms with Gasteiger partial charge in [0.2, 0.25) is 0 Å². The highest BCUT2D eigenvalue weighted by Crippen LogP contribution is 2.54. The largest absolute Gasteiger partial charge is 0.435 e. The maximum absolute atomic E-state index is 15.0. The second-order valence-electron chi connectivity index (χ2n) is 7.81. The van der Waals surface area contributed by atoms with Crippen LogP contribution in [0.3, 0.4) is 0 Å².